The first-order valence-corrected chi connectivity index (χ1v) is 7.64. The molecule has 0 spiro atoms. The van der Waals surface area contributed by atoms with E-state index in [1.54, 1.807) is 0 Å². The minimum absolute atomic E-state index is 0.404. The van der Waals surface area contributed by atoms with Crippen molar-refractivity contribution >= 4 is 0 Å². The van der Waals surface area contributed by atoms with Crippen molar-refractivity contribution in [2.24, 2.45) is 0 Å². The molecule has 0 aromatic carbocycles. The van der Waals surface area contributed by atoms with Crippen LogP contribution in [-0.4, -0.2) is 54.9 Å². The van der Waals surface area contributed by atoms with Gasteiger partial charge >= 0.3 is 0 Å². The van der Waals surface area contributed by atoms with Crippen LogP contribution >= 0.6 is 0 Å². The van der Waals surface area contributed by atoms with Crippen molar-refractivity contribution in [3.05, 3.63) is 30.1 Å². The molecule has 110 valence electrons. The fourth-order valence-electron chi connectivity index (χ4n) is 3.46. The van der Waals surface area contributed by atoms with Gasteiger partial charge in [-0.2, -0.15) is 0 Å². The number of methoxy groups -OCH3 is 1. The number of aromatic nitrogens is 1. The number of ether oxygens (including phenoxy) is 2. The van der Waals surface area contributed by atoms with E-state index in [9.17, 15) is 0 Å². The first-order valence-electron chi connectivity index (χ1n) is 7.64. The van der Waals surface area contributed by atoms with Gasteiger partial charge in [0.1, 0.15) is 0 Å². The van der Waals surface area contributed by atoms with Crippen molar-refractivity contribution in [1.29, 1.82) is 0 Å². The molecule has 2 aliphatic rings. The van der Waals surface area contributed by atoms with Gasteiger partial charge in [-0.25, -0.2) is 0 Å². The maximum Gasteiger partial charge on any atom is 0.0732 e. The van der Waals surface area contributed by atoms with Crippen molar-refractivity contribution in [3.8, 4) is 0 Å². The average molecular weight is 276 g/mol. The summed E-state index contributed by atoms with van der Waals surface area (Å²) in [7, 11) is 1.83. The zero-order chi connectivity index (χ0) is 13.8. The Bertz CT molecular complexity index is 412. The van der Waals surface area contributed by atoms with E-state index >= 15 is 0 Å². The molecule has 4 nitrogen and oxygen atoms in total. The first-order chi connectivity index (χ1) is 9.86. The SMILES string of the molecule is CO[C@@H]1CC[C@H]2OCCN(CCc3ccncc3)[C@@H]2C1. The van der Waals surface area contributed by atoms with Crippen LogP contribution in [0.2, 0.25) is 0 Å². The molecule has 20 heavy (non-hydrogen) atoms. The second kappa shape index (κ2) is 6.66. The maximum absolute atomic E-state index is 5.95. The number of hydrogen-bond donors (Lipinski definition) is 0. The summed E-state index contributed by atoms with van der Waals surface area (Å²) < 4.78 is 11.5. The summed E-state index contributed by atoms with van der Waals surface area (Å²) in [5.41, 5.74) is 1.36. The third-order valence-electron chi connectivity index (χ3n) is 4.66. The Kier molecular flexibility index (Phi) is 4.65. The molecule has 3 rings (SSSR count). The number of hydrogen-bond acceptors (Lipinski definition) is 4. The van der Waals surface area contributed by atoms with E-state index in [0.29, 0.717) is 18.2 Å². The van der Waals surface area contributed by atoms with Crippen LogP contribution in [0.1, 0.15) is 24.8 Å². The van der Waals surface area contributed by atoms with E-state index in [-0.39, 0.29) is 0 Å². The molecule has 1 aliphatic heterocycles. The van der Waals surface area contributed by atoms with E-state index in [1.807, 2.05) is 19.5 Å². The van der Waals surface area contributed by atoms with Crippen LogP contribution in [-0.2, 0) is 15.9 Å². The Morgan fingerprint density at radius 1 is 1.35 bits per heavy atom. The lowest BCUT2D eigenvalue weighted by molar-refractivity contribution is -0.113. The van der Waals surface area contributed by atoms with E-state index in [2.05, 4.69) is 22.0 Å². The van der Waals surface area contributed by atoms with Crippen LogP contribution < -0.4 is 0 Å². The molecule has 2 heterocycles. The van der Waals surface area contributed by atoms with E-state index < -0.39 is 0 Å². The van der Waals surface area contributed by atoms with Crippen molar-refractivity contribution in [1.82, 2.24) is 9.88 Å². The van der Waals surface area contributed by atoms with Gasteiger partial charge in [-0.1, -0.05) is 0 Å². The zero-order valence-corrected chi connectivity index (χ0v) is 12.2. The minimum Gasteiger partial charge on any atom is -0.381 e. The van der Waals surface area contributed by atoms with Crippen molar-refractivity contribution < 1.29 is 9.47 Å². The van der Waals surface area contributed by atoms with E-state index in [1.165, 1.54) is 5.56 Å². The number of nitrogens with zero attached hydrogens (tertiary/aromatic N) is 2. The Labute approximate surface area is 121 Å². The summed E-state index contributed by atoms with van der Waals surface area (Å²) in [6.45, 7) is 3.02. The van der Waals surface area contributed by atoms with Gasteiger partial charge in [0, 0.05) is 38.6 Å². The summed E-state index contributed by atoms with van der Waals surface area (Å²) in [4.78, 5) is 6.67. The molecule has 0 bridgehead atoms. The monoisotopic (exact) mass is 276 g/mol. The predicted octanol–water partition coefficient (Wildman–Crippen LogP) is 1.89. The summed E-state index contributed by atoms with van der Waals surface area (Å²) in [6, 6.07) is 4.75. The number of pyridine rings is 1. The molecule has 1 saturated heterocycles. The number of morpholine rings is 1. The van der Waals surface area contributed by atoms with Crippen LogP contribution in [0.5, 0.6) is 0 Å². The molecule has 0 radical (unpaired) electrons. The molecule has 1 aliphatic carbocycles. The highest BCUT2D eigenvalue weighted by atomic mass is 16.5. The molecular weight excluding hydrogens is 252 g/mol. The predicted molar refractivity (Wildman–Crippen MR) is 77.7 cm³/mol. The van der Waals surface area contributed by atoms with Gasteiger partial charge in [-0.3, -0.25) is 9.88 Å². The van der Waals surface area contributed by atoms with Gasteiger partial charge in [0.2, 0.25) is 0 Å². The number of rotatable bonds is 4. The molecular formula is C16H24N2O2. The summed E-state index contributed by atoms with van der Waals surface area (Å²) in [5, 5.41) is 0. The molecule has 1 aromatic heterocycles. The lowest BCUT2D eigenvalue weighted by Crippen LogP contribution is -2.55. The molecule has 0 N–H and O–H groups in total. The van der Waals surface area contributed by atoms with Crippen LogP contribution in [0.15, 0.2) is 24.5 Å². The van der Waals surface area contributed by atoms with Gasteiger partial charge in [0.05, 0.1) is 18.8 Å². The summed E-state index contributed by atoms with van der Waals surface area (Å²) >= 11 is 0. The Hall–Kier alpha value is -0.970. The molecule has 4 heteroatoms. The molecule has 0 amide bonds. The third kappa shape index (κ3) is 3.19. The fraction of sp³-hybridized carbons (Fsp3) is 0.688. The largest absolute Gasteiger partial charge is 0.381 e. The standard InChI is InChI=1S/C16H24N2O2/c1-19-14-2-3-16-15(12-14)18(10-11-20-16)9-6-13-4-7-17-8-5-13/h4-5,7-8,14-16H,2-3,6,9-12H2,1H3/t14-,15-,16-/m1/s1. The zero-order valence-electron chi connectivity index (χ0n) is 12.2. The highest BCUT2D eigenvalue weighted by Crippen LogP contribution is 2.30. The maximum atomic E-state index is 5.95. The Morgan fingerprint density at radius 3 is 3.00 bits per heavy atom. The van der Waals surface area contributed by atoms with Crippen molar-refractivity contribution in [2.75, 3.05) is 26.8 Å². The quantitative estimate of drug-likeness (QED) is 0.841. The van der Waals surface area contributed by atoms with Crippen LogP contribution in [0.3, 0.4) is 0 Å². The first kappa shape index (κ1) is 14.0. The normalized spacial score (nSPS) is 30.9. The number of fused-ring (bicyclic) bond motifs is 1. The average Bonchev–Trinajstić information content (AvgIpc) is 2.53. The van der Waals surface area contributed by atoms with Crippen LogP contribution in [0.4, 0.5) is 0 Å². The fourth-order valence-corrected chi connectivity index (χ4v) is 3.46. The Morgan fingerprint density at radius 2 is 2.20 bits per heavy atom. The summed E-state index contributed by atoms with van der Waals surface area (Å²) in [5.74, 6) is 0. The third-order valence-corrected chi connectivity index (χ3v) is 4.66. The molecule has 0 unspecified atom stereocenters. The molecule has 1 aromatic rings. The van der Waals surface area contributed by atoms with Gasteiger partial charge in [-0.05, 0) is 43.4 Å². The summed E-state index contributed by atoms with van der Waals surface area (Å²) in [6.07, 6.45) is 9.03. The second-order valence-corrected chi connectivity index (χ2v) is 5.79. The molecule has 2 fully saturated rings. The highest BCUT2D eigenvalue weighted by molar-refractivity contribution is 5.10. The van der Waals surface area contributed by atoms with E-state index in [0.717, 1.165) is 45.4 Å². The highest BCUT2D eigenvalue weighted by Gasteiger charge is 2.37. The second-order valence-electron chi connectivity index (χ2n) is 5.79. The molecule has 3 atom stereocenters. The lowest BCUT2D eigenvalue weighted by Gasteiger charge is -2.45. The molecule has 1 saturated carbocycles. The van der Waals surface area contributed by atoms with Gasteiger partial charge in [0.15, 0.2) is 0 Å². The van der Waals surface area contributed by atoms with Crippen molar-refractivity contribution in [2.45, 2.75) is 43.9 Å². The van der Waals surface area contributed by atoms with Gasteiger partial charge in [0.25, 0.3) is 0 Å². The van der Waals surface area contributed by atoms with Gasteiger partial charge in [-0.15, -0.1) is 0 Å². The van der Waals surface area contributed by atoms with Gasteiger partial charge < -0.3 is 9.47 Å². The van der Waals surface area contributed by atoms with Crippen LogP contribution in [0.25, 0.3) is 0 Å². The van der Waals surface area contributed by atoms with Crippen LogP contribution in [0, 0.1) is 0 Å². The van der Waals surface area contributed by atoms with Crippen molar-refractivity contribution in [3.63, 3.8) is 0 Å². The lowest BCUT2D eigenvalue weighted by atomic mass is 9.88. The Balaban J connectivity index is 1.59. The minimum atomic E-state index is 0.404. The topological polar surface area (TPSA) is 34.6 Å². The smallest absolute Gasteiger partial charge is 0.0732 e. The van der Waals surface area contributed by atoms with E-state index in [4.69, 9.17) is 9.47 Å².